The van der Waals surface area contributed by atoms with Gasteiger partial charge in [0.1, 0.15) is 10.8 Å². The van der Waals surface area contributed by atoms with E-state index in [1.807, 2.05) is 25.5 Å². The molecular weight excluding hydrogens is 432 g/mol. The second-order valence-corrected chi connectivity index (χ2v) is 10.6. The molecule has 0 saturated heterocycles. The lowest BCUT2D eigenvalue weighted by atomic mass is 9.95. The van der Waals surface area contributed by atoms with E-state index in [1.54, 1.807) is 0 Å². The maximum Gasteiger partial charge on any atom is 0.341 e. The van der Waals surface area contributed by atoms with Gasteiger partial charge < -0.3 is 14.6 Å². The maximum absolute atomic E-state index is 12.7. The SMILES string of the molecule is CC(C)OC(=O)c1c(NC(=O)CSc2nnc(C3CCCC3)n2C)sc2c1CCCC2. The lowest BCUT2D eigenvalue weighted by Gasteiger charge is -2.14. The predicted molar refractivity (Wildman–Crippen MR) is 123 cm³/mol. The van der Waals surface area contributed by atoms with Crippen LogP contribution in [0.5, 0.6) is 0 Å². The third-order valence-electron chi connectivity index (χ3n) is 5.89. The Morgan fingerprint density at radius 1 is 1.19 bits per heavy atom. The number of ether oxygens (including phenoxy) is 1. The number of aryl methyl sites for hydroxylation is 1. The maximum atomic E-state index is 12.7. The molecule has 2 heterocycles. The van der Waals surface area contributed by atoms with Crippen LogP contribution >= 0.6 is 23.1 Å². The fourth-order valence-electron chi connectivity index (χ4n) is 4.43. The van der Waals surface area contributed by atoms with Crippen LogP contribution < -0.4 is 5.32 Å². The molecule has 1 fully saturated rings. The van der Waals surface area contributed by atoms with E-state index >= 15 is 0 Å². The molecule has 2 aliphatic carbocycles. The average molecular weight is 463 g/mol. The van der Waals surface area contributed by atoms with E-state index in [4.69, 9.17) is 4.74 Å². The Bertz CT molecular complexity index is 960. The van der Waals surface area contributed by atoms with Gasteiger partial charge in [-0.3, -0.25) is 4.79 Å². The van der Waals surface area contributed by atoms with Crippen molar-refractivity contribution in [1.82, 2.24) is 14.8 Å². The molecule has 1 amide bonds. The van der Waals surface area contributed by atoms with Gasteiger partial charge in [0.05, 0.1) is 17.4 Å². The fraction of sp³-hybridized carbons (Fsp3) is 0.636. The van der Waals surface area contributed by atoms with Crippen LogP contribution in [0.25, 0.3) is 0 Å². The summed E-state index contributed by atoms with van der Waals surface area (Å²) in [6.45, 7) is 3.68. The monoisotopic (exact) mass is 462 g/mol. The lowest BCUT2D eigenvalue weighted by molar-refractivity contribution is -0.113. The van der Waals surface area contributed by atoms with Crippen LogP contribution in [0.15, 0.2) is 5.16 Å². The first-order valence-electron chi connectivity index (χ1n) is 11.1. The Labute approximate surface area is 191 Å². The Balaban J connectivity index is 1.44. The minimum atomic E-state index is -0.341. The summed E-state index contributed by atoms with van der Waals surface area (Å²) in [5.74, 6) is 1.23. The molecule has 0 unspecified atom stereocenters. The summed E-state index contributed by atoms with van der Waals surface area (Å²) in [6, 6.07) is 0. The number of carbonyl (C=O) groups is 2. The van der Waals surface area contributed by atoms with Crippen LogP contribution in [0, 0.1) is 0 Å². The number of hydrogen-bond acceptors (Lipinski definition) is 7. The van der Waals surface area contributed by atoms with E-state index in [9.17, 15) is 9.59 Å². The van der Waals surface area contributed by atoms with Crippen molar-refractivity contribution in [1.29, 1.82) is 0 Å². The Hall–Kier alpha value is -1.87. The minimum absolute atomic E-state index is 0.146. The number of thioether (sulfide) groups is 1. The molecule has 31 heavy (non-hydrogen) atoms. The molecule has 0 spiro atoms. The molecule has 168 valence electrons. The molecule has 7 nitrogen and oxygen atoms in total. The number of amides is 1. The van der Waals surface area contributed by atoms with Crippen molar-refractivity contribution in [2.75, 3.05) is 11.1 Å². The number of hydrogen-bond donors (Lipinski definition) is 1. The standard InChI is InChI=1S/C22H30N4O3S2/c1-13(2)29-21(28)18-15-10-6-7-11-16(15)31-20(18)23-17(27)12-30-22-25-24-19(26(22)3)14-8-4-5-9-14/h13-14H,4-12H2,1-3H3,(H,23,27). The number of rotatable bonds is 7. The number of carbonyl (C=O) groups excluding carboxylic acids is 2. The van der Waals surface area contributed by atoms with Crippen LogP contribution in [-0.4, -0.2) is 38.5 Å². The number of fused-ring (bicyclic) bond motifs is 1. The highest BCUT2D eigenvalue weighted by Gasteiger charge is 2.28. The molecule has 2 aromatic heterocycles. The van der Waals surface area contributed by atoms with Crippen LogP contribution in [0.2, 0.25) is 0 Å². The Morgan fingerprint density at radius 2 is 1.94 bits per heavy atom. The predicted octanol–water partition coefficient (Wildman–Crippen LogP) is 4.71. The number of esters is 1. The van der Waals surface area contributed by atoms with E-state index in [2.05, 4.69) is 15.5 Å². The van der Waals surface area contributed by atoms with E-state index in [1.165, 1.54) is 40.8 Å². The van der Waals surface area contributed by atoms with Gasteiger partial charge in [-0.15, -0.1) is 21.5 Å². The van der Waals surface area contributed by atoms with Crippen LogP contribution in [0.1, 0.15) is 84.9 Å². The van der Waals surface area contributed by atoms with Crippen LogP contribution in [0.3, 0.4) is 0 Å². The summed E-state index contributed by atoms with van der Waals surface area (Å²) in [4.78, 5) is 26.7. The lowest BCUT2D eigenvalue weighted by Crippen LogP contribution is -2.19. The van der Waals surface area contributed by atoms with E-state index in [0.717, 1.165) is 55.1 Å². The molecule has 2 aromatic rings. The Morgan fingerprint density at radius 3 is 2.68 bits per heavy atom. The van der Waals surface area contributed by atoms with Gasteiger partial charge in [-0.05, 0) is 57.9 Å². The van der Waals surface area contributed by atoms with E-state index < -0.39 is 0 Å². The van der Waals surface area contributed by atoms with Gasteiger partial charge in [0.15, 0.2) is 5.16 Å². The van der Waals surface area contributed by atoms with Crippen LogP contribution in [0.4, 0.5) is 5.00 Å². The third kappa shape index (κ3) is 4.98. The molecule has 0 radical (unpaired) electrons. The summed E-state index contributed by atoms with van der Waals surface area (Å²) in [7, 11) is 1.97. The molecule has 2 aliphatic rings. The Kier molecular flexibility index (Phi) is 7.01. The summed E-state index contributed by atoms with van der Waals surface area (Å²) in [5, 5.41) is 13.0. The van der Waals surface area contributed by atoms with Crippen molar-refractivity contribution >= 4 is 40.0 Å². The molecule has 9 heteroatoms. The molecular formula is C22H30N4O3S2. The highest BCUT2D eigenvalue weighted by atomic mass is 32.2. The summed E-state index contributed by atoms with van der Waals surface area (Å²) < 4.78 is 7.49. The smallest absolute Gasteiger partial charge is 0.341 e. The van der Waals surface area contributed by atoms with Crippen molar-refractivity contribution in [3.8, 4) is 0 Å². The fourth-order valence-corrected chi connectivity index (χ4v) is 6.44. The van der Waals surface area contributed by atoms with Crippen molar-refractivity contribution in [3.63, 3.8) is 0 Å². The first-order chi connectivity index (χ1) is 14.9. The van der Waals surface area contributed by atoms with Gasteiger partial charge in [0, 0.05) is 17.8 Å². The average Bonchev–Trinajstić information content (AvgIpc) is 3.44. The molecule has 1 saturated carbocycles. The second-order valence-electron chi connectivity index (χ2n) is 8.59. The molecule has 0 atom stereocenters. The highest BCUT2D eigenvalue weighted by molar-refractivity contribution is 7.99. The van der Waals surface area contributed by atoms with Crippen molar-refractivity contribution in [3.05, 3.63) is 21.8 Å². The number of nitrogens with zero attached hydrogens (tertiary/aromatic N) is 3. The third-order valence-corrected chi connectivity index (χ3v) is 8.12. The molecule has 0 aromatic carbocycles. The number of nitrogens with one attached hydrogen (secondary N) is 1. The minimum Gasteiger partial charge on any atom is -0.459 e. The zero-order valence-electron chi connectivity index (χ0n) is 18.4. The molecule has 0 aliphatic heterocycles. The topological polar surface area (TPSA) is 86.1 Å². The first-order valence-corrected chi connectivity index (χ1v) is 12.9. The first kappa shape index (κ1) is 22.3. The van der Waals surface area contributed by atoms with Crippen molar-refractivity contribution in [2.45, 2.75) is 82.4 Å². The van der Waals surface area contributed by atoms with Gasteiger partial charge in [-0.2, -0.15) is 0 Å². The summed E-state index contributed by atoms with van der Waals surface area (Å²) >= 11 is 2.90. The summed E-state index contributed by atoms with van der Waals surface area (Å²) in [6.07, 6.45) is 8.61. The highest BCUT2D eigenvalue weighted by Crippen LogP contribution is 2.39. The number of anilines is 1. The summed E-state index contributed by atoms with van der Waals surface area (Å²) in [5.41, 5.74) is 1.60. The van der Waals surface area contributed by atoms with Crippen molar-refractivity contribution in [2.24, 2.45) is 7.05 Å². The normalized spacial score (nSPS) is 16.5. The van der Waals surface area contributed by atoms with E-state index in [0.29, 0.717) is 16.5 Å². The van der Waals surface area contributed by atoms with E-state index in [-0.39, 0.29) is 23.7 Å². The van der Waals surface area contributed by atoms with Gasteiger partial charge in [-0.1, -0.05) is 24.6 Å². The quantitative estimate of drug-likeness (QED) is 0.474. The molecule has 0 bridgehead atoms. The van der Waals surface area contributed by atoms with Crippen LogP contribution in [-0.2, 0) is 29.4 Å². The largest absolute Gasteiger partial charge is 0.459 e. The number of thiophene rings is 1. The second kappa shape index (κ2) is 9.73. The zero-order valence-corrected chi connectivity index (χ0v) is 20.0. The zero-order chi connectivity index (χ0) is 22.0. The van der Waals surface area contributed by atoms with Gasteiger partial charge >= 0.3 is 5.97 Å². The van der Waals surface area contributed by atoms with Crippen molar-refractivity contribution < 1.29 is 14.3 Å². The van der Waals surface area contributed by atoms with Gasteiger partial charge in [0.25, 0.3) is 0 Å². The van der Waals surface area contributed by atoms with Gasteiger partial charge in [-0.25, -0.2) is 4.79 Å². The van der Waals surface area contributed by atoms with Gasteiger partial charge in [0.2, 0.25) is 5.91 Å². The molecule has 1 N–H and O–H groups in total. The number of aromatic nitrogens is 3. The molecule has 4 rings (SSSR count).